The lowest BCUT2D eigenvalue weighted by atomic mass is 10.5. The average Bonchev–Trinajstić information content (AvgIpc) is 2.26. The van der Waals surface area contributed by atoms with Crippen LogP contribution in [0.15, 0.2) is 34.9 Å². The quantitative estimate of drug-likeness (QED) is 0.406. The van der Waals surface area contributed by atoms with Gasteiger partial charge in [-0.25, -0.2) is 0 Å². The Morgan fingerprint density at radius 1 is 0.882 bits per heavy atom. The highest BCUT2D eigenvalue weighted by Gasteiger charge is 1.93. The van der Waals surface area contributed by atoms with Gasteiger partial charge in [0.25, 0.3) is 0 Å². The summed E-state index contributed by atoms with van der Waals surface area (Å²) in [4.78, 5) is 0. The van der Waals surface area contributed by atoms with Crippen molar-refractivity contribution in [2.75, 3.05) is 28.2 Å². The van der Waals surface area contributed by atoms with E-state index in [1.54, 1.807) is 10.0 Å². The van der Waals surface area contributed by atoms with Crippen LogP contribution in [-0.4, -0.2) is 50.6 Å². The van der Waals surface area contributed by atoms with Crippen molar-refractivity contribution in [3.63, 3.8) is 0 Å². The molecule has 0 aromatic carbocycles. The van der Waals surface area contributed by atoms with Gasteiger partial charge >= 0.3 is 0 Å². The summed E-state index contributed by atoms with van der Waals surface area (Å²) in [5, 5.41) is 11.2. The molecule has 0 unspecified atom stereocenters. The molecule has 0 spiro atoms. The summed E-state index contributed by atoms with van der Waals surface area (Å²) in [6.07, 6.45) is 3.02. The van der Waals surface area contributed by atoms with Crippen molar-refractivity contribution in [3.05, 3.63) is 24.7 Å². The maximum absolute atomic E-state index is 5.21. The maximum Gasteiger partial charge on any atom is 0.140 e. The molecule has 0 bridgehead atoms. The van der Waals surface area contributed by atoms with Crippen LogP contribution in [0.1, 0.15) is 13.8 Å². The summed E-state index contributed by atoms with van der Waals surface area (Å²) in [5.74, 6) is 0.831. The second-order valence-electron chi connectivity index (χ2n) is 3.22. The molecule has 5 heteroatoms. The van der Waals surface area contributed by atoms with Gasteiger partial charge in [0.15, 0.2) is 0 Å². The van der Waals surface area contributed by atoms with E-state index >= 15 is 0 Å². The molecule has 17 heavy (non-hydrogen) atoms. The maximum atomic E-state index is 5.21. The molecule has 0 aliphatic rings. The van der Waals surface area contributed by atoms with Crippen molar-refractivity contribution in [1.82, 2.24) is 10.0 Å². The number of rotatable bonds is 6. The van der Waals surface area contributed by atoms with Crippen LogP contribution in [0, 0.1) is 0 Å². The topological polar surface area (TPSA) is 40.4 Å². The van der Waals surface area contributed by atoms with Crippen LogP contribution in [0.4, 0.5) is 0 Å². The number of hydrogen-bond acceptors (Lipinski definition) is 5. The Labute approximate surface area is 105 Å². The van der Waals surface area contributed by atoms with Crippen LogP contribution in [0.5, 0.6) is 0 Å². The molecule has 0 aliphatic heterocycles. The van der Waals surface area contributed by atoms with Gasteiger partial charge < -0.3 is 14.8 Å². The van der Waals surface area contributed by atoms with E-state index in [4.69, 9.17) is 4.74 Å². The van der Waals surface area contributed by atoms with E-state index in [0.717, 1.165) is 0 Å². The van der Waals surface area contributed by atoms with Crippen molar-refractivity contribution in [2.45, 2.75) is 13.8 Å². The summed E-state index contributed by atoms with van der Waals surface area (Å²) in [6, 6.07) is 0. The fourth-order valence-corrected chi connectivity index (χ4v) is 0.581. The van der Waals surface area contributed by atoms with Gasteiger partial charge in [-0.15, -0.1) is 0 Å². The Bertz CT molecular complexity index is 252. The third kappa shape index (κ3) is 14.2. The molecule has 5 nitrogen and oxygen atoms in total. The van der Waals surface area contributed by atoms with Gasteiger partial charge in [0.1, 0.15) is 11.5 Å². The van der Waals surface area contributed by atoms with Gasteiger partial charge in [-0.2, -0.15) is 10.2 Å². The van der Waals surface area contributed by atoms with Gasteiger partial charge in [0, 0.05) is 28.2 Å². The molecule has 0 N–H and O–H groups in total. The summed E-state index contributed by atoms with van der Waals surface area (Å²) in [7, 11) is 7.25. The van der Waals surface area contributed by atoms with Crippen LogP contribution in [-0.2, 0) is 4.74 Å². The zero-order chi connectivity index (χ0) is 13.8. The standard InChI is InChI=1S/C10H18N4O.C2H6/c1-9(7-11-13(3)4)15-10(2)8-12-14(5)6;1-2/h7-8H,1-2H2,3-6H3;1-2H3/b11-7+,12-8+;. The molecule has 0 atom stereocenters. The Morgan fingerprint density at radius 3 is 1.41 bits per heavy atom. The smallest absolute Gasteiger partial charge is 0.140 e. The van der Waals surface area contributed by atoms with Gasteiger partial charge in [-0.1, -0.05) is 27.0 Å². The van der Waals surface area contributed by atoms with E-state index in [2.05, 4.69) is 23.4 Å². The van der Waals surface area contributed by atoms with Crippen LogP contribution in [0.2, 0.25) is 0 Å². The van der Waals surface area contributed by atoms with Crippen LogP contribution >= 0.6 is 0 Å². The molecular weight excluding hydrogens is 216 g/mol. The average molecular weight is 240 g/mol. The van der Waals surface area contributed by atoms with E-state index in [9.17, 15) is 0 Å². The summed E-state index contributed by atoms with van der Waals surface area (Å²) < 4.78 is 5.21. The minimum Gasteiger partial charge on any atom is -0.455 e. The lowest BCUT2D eigenvalue weighted by Crippen LogP contribution is -2.05. The van der Waals surface area contributed by atoms with Gasteiger partial charge in [-0.05, 0) is 0 Å². The van der Waals surface area contributed by atoms with Crippen molar-refractivity contribution in [2.24, 2.45) is 10.2 Å². The van der Waals surface area contributed by atoms with Gasteiger partial charge in [0.2, 0.25) is 0 Å². The highest BCUT2D eigenvalue weighted by molar-refractivity contribution is 5.79. The van der Waals surface area contributed by atoms with Crippen LogP contribution < -0.4 is 0 Å². The molecule has 0 aliphatic carbocycles. The fraction of sp³-hybridized carbons (Fsp3) is 0.500. The zero-order valence-corrected chi connectivity index (χ0v) is 11.8. The number of ether oxygens (including phenoxy) is 1. The predicted octanol–water partition coefficient (Wildman–Crippen LogP) is 2.15. The summed E-state index contributed by atoms with van der Waals surface area (Å²) in [6.45, 7) is 11.3. The Morgan fingerprint density at radius 2 is 1.18 bits per heavy atom. The van der Waals surface area contributed by atoms with E-state index in [1.807, 2.05) is 42.0 Å². The molecular formula is C12H24N4O. The molecule has 0 amide bonds. The van der Waals surface area contributed by atoms with E-state index in [0.29, 0.717) is 11.5 Å². The Kier molecular flexibility index (Phi) is 11.1. The van der Waals surface area contributed by atoms with E-state index in [1.165, 1.54) is 12.4 Å². The minimum absolute atomic E-state index is 0.416. The normalized spacial score (nSPS) is 9.76. The second-order valence-corrected chi connectivity index (χ2v) is 3.22. The third-order valence-electron chi connectivity index (χ3n) is 1.13. The largest absolute Gasteiger partial charge is 0.455 e. The zero-order valence-electron chi connectivity index (χ0n) is 11.8. The molecule has 0 saturated heterocycles. The molecule has 0 rings (SSSR count). The predicted molar refractivity (Wildman–Crippen MR) is 75.1 cm³/mol. The monoisotopic (exact) mass is 240 g/mol. The third-order valence-corrected chi connectivity index (χ3v) is 1.13. The molecule has 0 radical (unpaired) electrons. The molecule has 98 valence electrons. The number of hydrogen-bond donors (Lipinski definition) is 0. The second kappa shape index (κ2) is 10.7. The first-order valence-corrected chi connectivity index (χ1v) is 5.40. The lowest BCUT2D eigenvalue weighted by Gasteiger charge is -2.07. The van der Waals surface area contributed by atoms with Gasteiger partial charge in [-0.3, -0.25) is 0 Å². The molecule has 0 saturated carbocycles. The van der Waals surface area contributed by atoms with Crippen LogP contribution in [0.25, 0.3) is 0 Å². The number of allylic oxidation sites excluding steroid dienone is 2. The van der Waals surface area contributed by atoms with E-state index in [-0.39, 0.29) is 0 Å². The van der Waals surface area contributed by atoms with Gasteiger partial charge in [0.05, 0.1) is 12.4 Å². The van der Waals surface area contributed by atoms with E-state index < -0.39 is 0 Å². The fourth-order valence-electron chi connectivity index (χ4n) is 0.581. The number of hydrazone groups is 2. The molecule has 0 aromatic rings. The molecule has 0 fully saturated rings. The van der Waals surface area contributed by atoms with Crippen molar-refractivity contribution in [3.8, 4) is 0 Å². The lowest BCUT2D eigenvalue weighted by molar-refractivity contribution is 0.354. The minimum atomic E-state index is 0.416. The first kappa shape index (κ1) is 17.6. The van der Waals surface area contributed by atoms with Crippen LogP contribution in [0.3, 0.4) is 0 Å². The van der Waals surface area contributed by atoms with Crippen molar-refractivity contribution < 1.29 is 4.74 Å². The first-order chi connectivity index (χ1) is 7.91. The highest BCUT2D eigenvalue weighted by atomic mass is 16.5. The highest BCUT2D eigenvalue weighted by Crippen LogP contribution is 1.98. The SMILES string of the molecule is C=C(/C=N/N(C)C)OC(=C)/C=N/N(C)C.CC. The Hall–Kier alpha value is -1.78. The number of nitrogens with zero attached hydrogens (tertiary/aromatic N) is 4. The molecule has 0 heterocycles. The van der Waals surface area contributed by atoms with Crippen molar-refractivity contribution in [1.29, 1.82) is 0 Å². The summed E-state index contributed by atoms with van der Waals surface area (Å²) in [5.41, 5.74) is 0. The molecule has 0 aromatic heterocycles. The Balaban J connectivity index is 0. The summed E-state index contributed by atoms with van der Waals surface area (Å²) >= 11 is 0. The van der Waals surface area contributed by atoms with Crippen molar-refractivity contribution >= 4 is 12.4 Å². The first-order valence-electron chi connectivity index (χ1n) is 5.40.